The van der Waals surface area contributed by atoms with Crippen LogP contribution in [0.2, 0.25) is 0 Å². The number of amides is 2. The van der Waals surface area contributed by atoms with Gasteiger partial charge in [0.1, 0.15) is 0 Å². The molecule has 2 atom stereocenters. The third-order valence-electron chi connectivity index (χ3n) is 10.9. The molecule has 1 N–H and O–H groups in total. The maximum Gasteiger partial charge on any atom is 0.228 e. The van der Waals surface area contributed by atoms with E-state index in [0.717, 1.165) is 103 Å². The van der Waals surface area contributed by atoms with Crippen LogP contribution in [0.1, 0.15) is 24.0 Å². The molecule has 4 heterocycles. The first-order valence-electron chi connectivity index (χ1n) is 18.6. The molecule has 4 aliphatic rings. The van der Waals surface area contributed by atoms with Crippen LogP contribution in [-0.4, -0.2) is 89.2 Å². The minimum absolute atomic E-state index is 0. The standard InChI is InChI=1S/C22H26N3O.C21H24N3O.2Y/c1-23-13-15-24(16-14-23)21-10-6-5-7-18(21)17-19-11-12-25(22(19)26)20-8-3-2-4-9-20;25-21-18(10-13-24(21)19-7-2-1-3-8-19)16-17-6-4-5-9-20(17)23-14-11-22-12-15-23;;/h3-10,19H,11-17H2,1H3;2-9,18,22H,10-16H2;;/q2*-1;;/i1-1;;;. The van der Waals surface area contributed by atoms with Crippen LogP contribution in [0.4, 0.5) is 22.7 Å². The Morgan fingerprint density at radius 3 is 1.43 bits per heavy atom. The quantitative estimate of drug-likeness (QED) is 0.243. The van der Waals surface area contributed by atoms with Gasteiger partial charge >= 0.3 is 0 Å². The molecular formula is C43H50N6O2Y2-2. The summed E-state index contributed by atoms with van der Waals surface area (Å²) in [6.07, 6.45) is 3.51. The largest absolute Gasteiger partial charge is 0.369 e. The summed E-state index contributed by atoms with van der Waals surface area (Å²) >= 11 is 0. The summed E-state index contributed by atoms with van der Waals surface area (Å²) in [4.78, 5) is 37.0. The normalized spacial score (nSPS) is 20.4. The van der Waals surface area contributed by atoms with Gasteiger partial charge in [0, 0.05) is 154 Å². The van der Waals surface area contributed by atoms with Crippen LogP contribution in [0, 0.1) is 24.0 Å². The van der Waals surface area contributed by atoms with Crippen molar-refractivity contribution >= 4 is 34.6 Å². The van der Waals surface area contributed by atoms with Gasteiger partial charge in [0.2, 0.25) is 11.8 Å². The van der Waals surface area contributed by atoms with Crippen molar-refractivity contribution in [1.82, 2.24) is 10.2 Å². The van der Waals surface area contributed by atoms with Gasteiger partial charge in [-0.05, 0) is 56.0 Å². The number of benzene rings is 4. The maximum atomic E-state index is 12.9. The molecule has 0 aliphatic carbocycles. The Hall–Kier alpha value is -2.45. The Kier molecular flexibility index (Phi) is 16.1. The summed E-state index contributed by atoms with van der Waals surface area (Å²) in [6.45, 7) is 10.0. The number of carbonyl (C=O) groups excluding carboxylic acids is 2. The predicted molar refractivity (Wildman–Crippen MR) is 207 cm³/mol. The second-order valence-corrected chi connectivity index (χ2v) is 14.2. The number of rotatable bonds is 8. The summed E-state index contributed by atoms with van der Waals surface area (Å²) in [7, 11) is 2.18. The molecule has 53 heavy (non-hydrogen) atoms. The fourth-order valence-corrected chi connectivity index (χ4v) is 7.95. The van der Waals surface area contributed by atoms with Crippen molar-refractivity contribution < 1.29 is 75.0 Å². The van der Waals surface area contributed by atoms with Crippen LogP contribution in [0.15, 0.2) is 97.1 Å². The van der Waals surface area contributed by atoms with Crippen LogP contribution < -0.4 is 24.9 Å². The Balaban J connectivity index is 0.000000197. The molecule has 0 saturated carbocycles. The van der Waals surface area contributed by atoms with Crippen molar-refractivity contribution in [3.8, 4) is 0 Å². The molecule has 2 unspecified atom stereocenters. The predicted octanol–water partition coefficient (Wildman–Crippen LogP) is 5.32. The van der Waals surface area contributed by atoms with Crippen LogP contribution in [0.3, 0.4) is 0 Å². The molecule has 4 saturated heterocycles. The van der Waals surface area contributed by atoms with E-state index in [2.05, 4.69) is 87.7 Å². The second-order valence-electron chi connectivity index (χ2n) is 14.2. The minimum atomic E-state index is 0. The van der Waals surface area contributed by atoms with E-state index < -0.39 is 0 Å². The molecule has 10 heteroatoms. The fraction of sp³-hybridized carbons (Fsp3) is 0.395. The zero-order valence-electron chi connectivity index (χ0n) is 31.0. The van der Waals surface area contributed by atoms with E-state index in [1.807, 2.05) is 58.3 Å². The van der Waals surface area contributed by atoms with Gasteiger partial charge in [0.15, 0.2) is 0 Å². The van der Waals surface area contributed by atoms with Gasteiger partial charge in [0.05, 0.1) is 0 Å². The zero-order chi connectivity index (χ0) is 35.0. The first-order chi connectivity index (χ1) is 25.0. The summed E-state index contributed by atoms with van der Waals surface area (Å²) < 4.78 is 0. The number of carbonyl (C=O) groups is 2. The Morgan fingerprint density at radius 1 is 0.566 bits per heavy atom. The summed E-state index contributed by atoms with van der Waals surface area (Å²) in [5.41, 5.74) is 7.18. The van der Waals surface area contributed by atoms with E-state index in [1.165, 1.54) is 22.5 Å². The molecule has 0 bridgehead atoms. The minimum Gasteiger partial charge on any atom is -0.369 e. The Labute approximate surface area is 366 Å². The molecule has 4 aromatic carbocycles. The molecule has 4 fully saturated rings. The zero-order valence-corrected chi connectivity index (χ0v) is 36.7. The van der Waals surface area contributed by atoms with Crippen molar-refractivity contribution in [3.05, 3.63) is 120 Å². The van der Waals surface area contributed by atoms with E-state index in [9.17, 15) is 9.59 Å². The van der Waals surface area contributed by atoms with Crippen molar-refractivity contribution in [3.63, 3.8) is 0 Å². The first-order valence-corrected chi connectivity index (χ1v) is 18.6. The average Bonchev–Trinajstić information content (AvgIpc) is 3.74. The number of anilines is 4. The maximum absolute atomic E-state index is 12.9. The molecule has 0 spiro atoms. The molecule has 4 aliphatic heterocycles. The smallest absolute Gasteiger partial charge is 0.228 e. The number of para-hydroxylation sites is 2. The molecular weight excluding hydrogens is 809 g/mol. The molecule has 8 rings (SSSR count). The molecule has 2 amide bonds. The van der Waals surface area contributed by atoms with Crippen LogP contribution in [0.25, 0.3) is 0 Å². The van der Waals surface area contributed by atoms with Crippen molar-refractivity contribution in [2.24, 2.45) is 11.8 Å². The fourth-order valence-electron chi connectivity index (χ4n) is 7.95. The number of hydrogen-bond donors (Lipinski definition) is 1. The van der Waals surface area contributed by atoms with Crippen molar-refractivity contribution in [1.29, 1.82) is 0 Å². The third kappa shape index (κ3) is 10.4. The van der Waals surface area contributed by atoms with E-state index in [4.69, 9.17) is 0 Å². The van der Waals surface area contributed by atoms with Gasteiger partial charge in [0.25, 0.3) is 0 Å². The number of nitrogens with one attached hydrogen (secondary N) is 1. The average molecular weight is 860 g/mol. The van der Waals surface area contributed by atoms with Crippen molar-refractivity contribution in [2.75, 3.05) is 92.1 Å². The summed E-state index contributed by atoms with van der Waals surface area (Å²) in [6, 6.07) is 38.6. The van der Waals surface area contributed by atoms with Crippen LogP contribution in [-0.2, 0) is 87.8 Å². The molecule has 2 radical (unpaired) electrons. The van der Waals surface area contributed by atoms with Gasteiger partial charge in [-0.3, -0.25) is 9.59 Å². The third-order valence-corrected chi connectivity index (χ3v) is 10.9. The Morgan fingerprint density at radius 2 is 0.981 bits per heavy atom. The monoisotopic (exact) mass is 859 g/mol. The Bertz CT molecular complexity index is 1750. The number of nitrogens with zero attached hydrogens (tertiary/aromatic N) is 5. The van der Waals surface area contributed by atoms with Gasteiger partial charge in [-0.25, -0.2) is 0 Å². The van der Waals surface area contributed by atoms with Gasteiger partial charge in [-0.15, -0.1) is 24.3 Å². The van der Waals surface area contributed by atoms with Crippen molar-refractivity contribution in [2.45, 2.75) is 25.7 Å². The topological polar surface area (TPSA) is 62.4 Å². The SMILES string of the molecule is O=C1C(Cc2ccccc2N2CCNCC2)CCN1c1cc[c-]cc1.[11CH3]N1CCN(c2ccccc2CC2CCN(c3cc[c-]cc3)C2=O)CC1.[Y].[Y]. The summed E-state index contributed by atoms with van der Waals surface area (Å²) in [5.74, 6) is 0.659. The molecule has 8 nitrogen and oxygen atoms in total. The van der Waals surface area contributed by atoms with Crippen LogP contribution >= 0.6 is 0 Å². The van der Waals surface area contributed by atoms with E-state index in [-0.39, 0.29) is 89.1 Å². The molecule has 4 aromatic rings. The number of piperazine rings is 2. The second kappa shape index (κ2) is 20.5. The van der Waals surface area contributed by atoms with E-state index in [1.54, 1.807) is 0 Å². The van der Waals surface area contributed by atoms with Crippen LogP contribution in [0.5, 0.6) is 0 Å². The van der Waals surface area contributed by atoms with Gasteiger partial charge in [-0.2, -0.15) is 36.4 Å². The van der Waals surface area contributed by atoms with Gasteiger partial charge in [-0.1, -0.05) is 47.8 Å². The first kappa shape index (κ1) is 41.7. The molecule has 0 aromatic heterocycles. The van der Waals surface area contributed by atoms with E-state index in [0.29, 0.717) is 0 Å². The molecule has 272 valence electrons. The number of hydrogen-bond acceptors (Lipinski definition) is 6. The van der Waals surface area contributed by atoms with Gasteiger partial charge < -0.3 is 29.8 Å². The van der Waals surface area contributed by atoms with E-state index >= 15 is 0 Å². The summed E-state index contributed by atoms with van der Waals surface area (Å²) in [5, 5.41) is 3.40. The number of likely N-dealkylation sites (N-methyl/N-ethyl adjacent to an activating group) is 1.